The highest BCUT2D eigenvalue weighted by molar-refractivity contribution is 7.80. The van der Waals surface area contributed by atoms with Crippen LogP contribution in [0.3, 0.4) is 0 Å². The lowest BCUT2D eigenvalue weighted by Gasteiger charge is -2.14. The van der Waals surface area contributed by atoms with Gasteiger partial charge in [0.1, 0.15) is 0 Å². The van der Waals surface area contributed by atoms with Gasteiger partial charge in [-0.05, 0) is 49.3 Å². The van der Waals surface area contributed by atoms with E-state index in [4.69, 9.17) is 33.1 Å². The highest BCUT2D eigenvalue weighted by atomic mass is 35.5. The van der Waals surface area contributed by atoms with Gasteiger partial charge in [0.25, 0.3) is 0 Å². The molecule has 0 saturated carbocycles. The number of benzene rings is 1. The normalized spacial score (nSPS) is 16.1. The Hall–Kier alpha value is -2.23. The van der Waals surface area contributed by atoms with Crippen molar-refractivity contribution >= 4 is 34.8 Å². The largest absolute Gasteiger partial charge is 0.376 e. The molecule has 10 heteroatoms. The fourth-order valence-corrected chi connectivity index (χ4v) is 2.80. The molecule has 0 spiro atoms. The first-order chi connectivity index (χ1) is 13.1. The molecule has 27 heavy (non-hydrogen) atoms. The minimum Gasteiger partial charge on any atom is -0.376 e. The minimum absolute atomic E-state index is 0.174. The van der Waals surface area contributed by atoms with Crippen LogP contribution in [0.1, 0.15) is 25.2 Å². The van der Waals surface area contributed by atoms with E-state index >= 15 is 0 Å². The lowest BCUT2D eigenvalue weighted by atomic mass is 10.2. The number of hydrogen-bond acceptors (Lipinski definition) is 6. The predicted octanol–water partition coefficient (Wildman–Crippen LogP) is 2.00. The summed E-state index contributed by atoms with van der Waals surface area (Å²) >= 11 is 11.0. The first-order valence-corrected chi connectivity index (χ1v) is 9.41. The predicted molar refractivity (Wildman–Crippen MR) is 104 cm³/mol. The van der Waals surface area contributed by atoms with Crippen molar-refractivity contribution in [2.24, 2.45) is 0 Å². The zero-order valence-electron chi connectivity index (χ0n) is 14.5. The zero-order chi connectivity index (χ0) is 19.1. The highest BCUT2D eigenvalue weighted by Crippen LogP contribution is 2.18. The maximum Gasteiger partial charge on any atom is 0.238 e. The summed E-state index contributed by atoms with van der Waals surface area (Å²) in [6.45, 7) is 1.41. The molecule has 0 unspecified atom stereocenters. The van der Waals surface area contributed by atoms with E-state index in [1.165, 1.54) is 0 Å². The topological polar surface area (TPSA) is 101 Å². The Morgan fingerprint density at radius 1 is 1.30 bits per heavy atom. The Bertz CT molecular complexity index is 777. The summed E-state index contributed by atoms with van der Waals surface area (Å²) in [6, 6.07) is 7.11. The molecule has 0 bridgehead atoms. The number of hydrogen-bond donors (Lipinski definition) is 3. The molecule has 1 fully saturated rings. The molecule has 1 saturated heterocycles. The number of nitrogens with one attached hydrogen (secondary N) is 3. The number of aryl methyl sites for hydroxylation is 1. The van der Waals surface area contributed by atoms with Gasteiger partial charge in [0.2, 0.25) is 17.6 Å². The van der Waals surface area contributed by atoms with Crippen LogP contribution in [-0.4, -0.2) is 40.4 Å². The average Bonchev–Trinajstić information content (AvgIpc) is 3.35. The molecule has 1 aliphatic heterocycles. The molecule has 2 aromatic rings. The third-order valence-electron chi connectivity index (χ3n) is 3.97. The van der Waals surface area contributed by atoms with Crippen molar-refractivity contribution in [2.45, 2.75) is 31.8 Å². The molecule has 1 aromatic carbocycles. The summed E-state index contributed by atoms with van der Waals surface area (Å²) < 4.78 is 10.7. The number of ether oxygens (including phenoxy) is 1. The van der Waals surface area contributed by atoms with Crippen LogP contribution in [0.25, 0.3) is 11.4 Å². The van der Waals surface area contributed by atoms with Crippen LogP contribution in [0.15, 0.2) is 28.8 Å². The van der Waals surface area contributed by atoms with E-state index in [2.05, 4.69) is 26.3 Å². The molecule has 2 heterocycles. The van der Waals surface area contributed by atoms with Crippen molar-refractivity contribution in [1.29, 1.82) is 0 Å². The van der Waals surface area contributed by atoms with Crippen LogP contribution >= 0.6 is 23.8 Å². The number of thiocarbonyl (C=S) groups is 1. The monoisotopic (exact) mass is 409 g/mol. The Labute approximate surface area is 167 Å². The van der Waals surface area contributed by atoms with Crippen LogP contribution in [0.5, 0.6) is 0 Å². The van der Waals surface area contributed by atoms with Crippen molar-refractivity contribution in [2.75, 3.05) is 13.2 Å². The standard InChI is InChI=1S/C17H20ClN5O3S/c18-12-5-3-11(4-6-12)16-20-15(26-23-16)8-7-14(24)21-22-17(27)19-10-13-2-1-9-25-13/h3-6,13H,1-2,7-10H2,(H,21,24)(H2,19,22,27)/t13-/m1/s1. The molecular weight excluding hydrogens is 390 g/mol. The van der Waals surface area contributed by atoms with Gasteiger partial charge in [-0.2, -0.15) is 4.98 Å². The molecule has 1 amide bonds. The van der Waals surface area contributed by atoms with Crippen LogP contribution in [-0.2, 0) is 16.0 Å². The van der Waals surface area contributed by atoms with Gasteiger partial charge in [-0.15, -0.1) is 0 Å². The number of carbonyl (C=O) groups is 1. The van der Waals surface area contributed by atoms with Gasteiger partial charge in [-0.25, -0.2) is 0 Å². The molecule has 144 valence electrons. The summed E-state index contributed by atoms with van der Waals surface area (Å²) in [5, 5.41) is 7.90. The summed E-state index contributed by atoms with van der Waals surface area (Å²) in [5.41, 5.74) is 5.99. The van der Waals surface area contributed by atoms with Crippen molar-refractivity contribution < 1.29 is 14.1 Å². The van der Waals surface area contributed by atoms with Gasteiger partial charge >= 0.3 is 0 Å². The molecule has 0 aliphatic carbocycles. The summed E-state index contributed by atoms with van der Waals surface area (Å²) in [7, 11) is 0. The molecule has 0 radical (unpaired) electrons. The molecule has 1 atom stereocenters. The molecule has 8 nitrogen and oxygen atoms in total. The molecule has 3 N–H and O–H groups in total. The molecular formula is C17H20ClN5O3S. The molecule has 1 aliphatic rings. The van der Waals surface area contributed by atoms with E-state index in [1.54, 1.807) is 24.3 Å². The van der Waals surface area contributed by atoms with E-state index in [0.29, 0.717) is 34.8 Å². The number of nitrogens with zero attached hydrogens (tertiary/aromatic N) is 2. The Kier molecular flexibility index (Phi) is 6.97. The summed E-state index contributed by atoms with van der Waals surface area (Å²) in [4.78, 5) is 16.2. The van der Waals surface area contributed by atoms with E-state index in [1.807, 2.05) is 0 Å². The van der Waals surface area contributed by atoms with E-state index in [-0.39, 0.29) is 18.4 Å². The van der Waals surface area contributed by atoms with Crippen molar-refractivity contribution in [3.8, 4) is 11.4 Å². The second-order valence-corrected chi connectivity index (χ2v) is 6.88. The smallest absolute Gasteiger partial charge is 0.238 e. The lowest BCUT2D eigenvalue weighted by molar-refractivity contribution is -0.121. The third-order valence-corrected chi connectivity index (χ3v) is 4.46. The van der Waals surface area contributed by atoms with Crippen LogP contribution < -0.4 is 16.2 Å². The van der Waals surface area contributed by atoms with Crippen LogP contribution in [0.4, 0.5) is 0 Å². The lowest BCUT2D eigenvalue weighted by Crippen LogP contribution is -2.48. The van der Waals surface area contributed by atoms with Gasteiger partial charge in [0.15, 0.2) is 5.11 Å². The maximum absolute atomic E-state index is 11.9. The van der Waals surface area contributed by atoms with Crippen molar-refractivity contribution in [1.82, 2.24) is 26.3 Å². The number of rotatable bonds is 6. The SMILES string of the molecule is O=C(CCc1nc(-c2ccc(Cl)cc2)no1)NNC(=S)NC[C@H]1CCCO1. The number of halogens is 1. The minimum atomic E-state index is -0.234. The third kappa shape index (κ3) is 6.16. The van der Waals surface area contributed by atoms with E-state index in [0.717, 1.165) is 25.0 Å². The first kappa shape index (κ1) is 19.5. The summed E-state index contributed by atoms with van der Waals surface area (Å²) in [6.07, 6.45) is 2.77. The Morgan fingerprint density at radius 3 is 2.85 bits per heavy atom. The summed E-state index contributed by atoms with van der Waals surface area (Å²) in [5.74, 6) is 0.608. The number of hydrazine groups is 1. The van der Waals surface area contributed by atoms with Gasteiger partial charge in [-0.3, -0.25) is 15.6 Å². The Balaban J connectivity index is 1.36. The maximum atomic E-state index is 11.9. The number of aromatic nitrogens is 2. The van der Waals surface area contributed by atoms with Crippen molar-refractivity contribution in [3.63, 3.8) is 0 Å². The number of carbonyl (C=O) groups excluding carboxylic acids is 1. The molecule has 3 rings (SSSR count). The van der Waals surface area contributed by atoms with Gasteiger partial charge < -0.3 is 14.6 Å². The van der Waals surface area contributed by atoms with Gasteiger partial charge in [0.05, 0.1) is 6.10 Å². The van der Waals surface area contributed by atoms with Gasteiger partial charge in [0, 0.05) is 36.6 Å². The van der Waals surface area contributed by atoms with E-state index < -0.39 is 0 Å². The second-order valence-electron chi connectivity index (χ2n) is 6.04. The van der Waals surface area contributed by atoms with Gasteiger partial charge in [-0.1, -0.05) is 16.8 Å². The quantitative estimate of drug-likeness (QED) is 0.492. The Morgan fingerprint density at radius 2 is 2.11 bits per heavy atom. The second kappa shape index (κ2) is 9.63. The first-order valence-electron chi connectivity index (χ1n) is 8.63. The number of amides is 1. The highest BCUT2D eigenvalue weighted by Gasteiger charge is 2.15. The molecule has 1 aromatic heterocycles. The van der Waals surface area contributed by atoms with Crippen molar-refractivity contribution in [3.05, 3.63) is 35.2 Å². The zero-order valence-corrected chi connectivity index (χ0v) is 16.1. The van der Waals surface area contributed by atoms with Crippen LogP contribution in [0, 0.1) is 0 Å². The average molecular weight is 410 g/mol. The fraction of sp³-hybridized carbons (Fsp3) is 0.412. The van der Waals surface area contributed by atoms with Crippen LogP contribution in [0.2, 0.25) is 5.02 Å². The van der Waals surface area contributed by atoms with E-state index in [9.17, 15) is 4.79 Å². The fourth-order valence-electron chi connectivity index (χ4n) is 2.54.